The summed E-state index contributed by atoms with van der Waals surface area (Å²) in [5.41, 5.74) is 1.88. The van der Waals surface area contributed by atoms with Gasteiger partial charge in [0.05, 0.1) is 6.61 Å². The predicted octanol–water partition coefficient (Wildman–Crippen LogP) is 2.35. The van der Waals surface area contributed by atoms with Gasteiger partial charge in [0.1, 0.15) is 0 Å². The number of benzene rings is 1. The summed E-state index contributed by atoms with van der Waals surface area (Å²) in [6, 6.07) is 10.2. The van der Waals surface area contributed by atoms with Gasteiger partial charge in [-0.15, -0.1) is 0 Å². The number of cyclic esters (lactones) is 1. The highest BCUT2D eigenvalue weighted by molar-refractivity contribution is 5.88. The van der Waals surface area contributed by atoms with Crippen molar-refractivity contribution >= 4 is 5.97 Å². The molecule has 15 heavy (non-hydrogen) atoms. The van der Waals surface area contributed by atoms with Crippen LogP contribution in [0.1, 0.15) is 12.0 Å². The number of hydrogen-bond acceptors (Lipinski definition) is 2. The Morgan fingerprint density at radius 3 is 2.73 bits per heavy atom. The van der Waals surface area contributed by atoms with E-state index in [9.17, 15) is 4.79 Å². The maximum absolute atomic E-state index is 11.1. The number of carbonyl (C=O) groups is 1. The second-order valence-corrected chi connectivity index (χ2v) is 3.96. The Bertz CT molecular complexity index is 367. The maximum Gasteiger partial charge on any atom is 0.333 e. The van der Waals surface area contributed by atoms with Gasteiger partial charge in [-0.2, -0.15) is 0 Å². The fourth-order valence-corrected chi connectivity index (χ4v) is 1.86. The van der Waals surface area contributed by atoms with Crippen molar-refractivity contribution in [1.29, 1.82) is 0 Å². The summed E-state index contributed by atoms with van der Waals surface area (Å²) >= 11 is 0. The lowest BCUT2D eigenvalue weighted by Crippen LogP contribution is -2.25. The molecule has 2 rings (SSSR count). The van der Waals surface area contributed by atoms with Crippen LogP contribution in [0.25, 0.3) is 0 Å². The normalized spacial score (nSPS) is 21.2. The van der Waals surface area contributed by atoms with E-state index >= 15 is 0 Å². The van der Waals surface area contributed by atoms with E-state index in [0.29, 0.717) is 18.1 Å². The van der Waals surface area contributed by atoms with Crippen molar-refractivity contribution < 1.29 is 9.53 Å². The molecular formula is C13H14O2. The minimum atomic E-state index is -0.237. The van der Waals surface area contributed by atoms with E-state index in [1.807, 2.05) is 18.2 Å². The zero-order valence-corrected chi connectivity index (χ0v) is 8.61. The summed E-state index contributed by atoms with van der Waals surface area (Å²) in [5.74, 6) is 0.150. The van der Waals surface area contributed by atoms with Gasteiger partial charge in [-0.05, 0) is 18.4 Å². The molecule has 1 fully saturated rings. The Balaban J connectivity index is 1.97. The monoisotopic (exact) mass is 202 g/mol. The Morgan fingerprint density at radius 2 is 2.07 bits per heavy atom. The molecule has 1 aromatic rings. The predicted molar refractivity (Wildman–Crippen MR) is 58.4 cm³/mol. The number of rotatable bonds is 2. The van der Waals surface area contributed by atoms with Gasteiger partial charge < -0.3 is 4.74 Å². The van der Waals surface area contributed by atoms with E-state index in [1.54, 1.807) is 0 Å². The molecule has 1 aromatic carbocycles. The molecule has 78 valence electrons. The van der Waals surface area contributed by atoms with Crippen molar-refractivity contribution in [3.05, 3.63) is 48.0 Å². The number of hydrogen-bond donors (Lipinski definition) is 0. The fourth-order valence-electron chi connectivity index (χ4n) is 1.86. The third-order valence-corrected chi connectivity index (χ3v) is 2.64. The zero-order chi connectivity index (χ0) is 10.7. The number of carbonyl (C=O) groups excluding carboxylic acids is 1. The molecule has 2 nitrogen and oxygen atoms in total. The van der Waals surface area contributed by atoms with Gasteiger partial charge in [-0.3, -0.25) is 0 Å². The fraction of sp³-hybridized carbons (Fsp3) is 0.308. The van der Waals surface area contributed by atoms with Gasteiger partial charge in [0.25, 0.3) is 0 Å². The Morgan fingerprint density at radius 1 is 1.33 bits per heavy atom. The van der Waals surface area contributed by atoms with E-state index in [2.05, 4.69) is 18.7 Å². The highest BCUT2D eigenvalue weighted by atomic mass is 16.5. The summed E-state index contributed by atoms with van der Waals surface area (Å²) in [6.45, 7) is 4.23. The maximum atomic E-state index is 11.1. The van der Waals surface area contributed by atoms with Gasteiger partial charge in [0.15, 0.2) is 0 Å². The molecule has 0 radical (unpaired) electrons. The summed E-state index contributed by atoms with van der Waals surface area (Å²) < 4.78 is 5.04. The summed E-state index contributed by atoms with van der Waals surface area (Å²) in [7, 11) is 0. The Hall–Kier alpha value is -1.57. The van der Waals surface area contributed by atoms with Crippen LogP contribution in [0.5, 0.6) is 0 Å². The minimum Gasteiger partial charge on any atom is -0.462 e. The van der Waals surface area contributed by atoms with Gasteiger partial charge in [-0.25, -0.2) is 4.79 Å². The average molecular weight is 202 g/mol. The van der Waals surface area contributed by atoms with E-state index in [1.165, 1.54) is 5.56 Å². The van der Waals surface area contributed by atoms with Crippen molar-refractivity contribution in [2.45, 2.75) is 12.8 Å². The van der Waals surface area contributed by atoms with E-state index in [4.69, 9.17) is 4.74 Å². The SMILES string of the molecule is C=C1CC(Cc2ccccc2)COC1=O. The summed E-state index contributed by atoms with van der Waals surface area (Å²) in [4.78, 5) is 11.1. The topological polar surface area (TPSA) is 26.3 Å². The van der Waals surface area contributed by atoms with Crippen LogP contribution in [0.3, 0.4) is 0 Å². The molecule has 1 heterocycles. The molecule has 0 spiro atoms. The van der Waals surface area contributed by atoms with Crippen LogP contribution in [0.15, 0.2) is 42.5 Å². The molecule has 1 saturated heterocycles. The second kappa shape index (κ2) is 4.30. The van der Waals surface area contributed by atoms with Crippen LogP contribution in [0.2, 0.25) is 0 Å². The summed E-state index contributed by atoms with van der Waals surface area (Å²) in [6.07, 6.45) is 1.71. The smallest absolute Gasteiger partial charge is 0.333 e. The first-order chi connectivity index (χ1) is 7.25. The molecule has 0 bridgehead atoms. The Labute approximate surface area is 89.6 Å². The third kappa shape index (κ3) is 2.46. The Kier molecular flexibility index (Phi) is 2.86. The molecule has 0 saturated carbocycles. The van der Waals surface area contributed by atoms with Crippen molar-refractivity contribution in [3.63, 3.8) is 0 Å². The van der Waals surface area contributed by atoms with Gasteiger partial charge in [-0.1, -0.05) is 36.9 Å². The molecule has 0 N–H and O–H groups in total. The van der Waals surface area contributed by atoms with Crippen molar-refractivity contribution in [2.24, 2.45) is 5.92 Å². The first-order valence-corrected chi connectivity index (χ1v) is 5.14. The molecule has 1 aliphatic rings. The van der Waals surface area contributed by atoms with E-state index in [-0.39, 0.29) is 5.97 Å². The van der Waals surface area contributed by atoms with Gasteiger partial charge >= 0.3 is 5.97 Å². The molecular weight excluding hydrogens is 188 g/mol. The van der Waals surface area contributed by atoms with Crippen LogP contribution >= 0.6 is 0 Å². The highest BCUT2D eigenvalue weighted by Crippen LogP contribution is 2.22. The standard InChI is InChI=1S/C13H14O2/c1-10-7-12(9-15-13(10)14)8-11-5-3-2-4-6-11/h2-6,12H,1,7-9H2. The molecule has 2 heteroatoms. The number of esters is 1. The third-order valence-electron chi connectivity index (χ3n) is 2.64. The van der Waals surface area contributed by atoms with Crippen molar-refractivity contribution in [2.75, 3.05) is 6.61 Å². The lowest BCUT2D eigenvalue weighted by molar-refractivity contribution is -0.143. The minimum absolute atomic E-state index is 0.237. The second-order valence-electron chi connectivity index (χ2n) is 3.96. The molecule has 0 aromatic heterocycles. The first-order valence-electron chi connectivity index (χ1n) is 5.14. The lowest BCUT2D eigenvalue weighted by atomic mass is 9.92. The van der Waals surface area contributed by atoms with Gasteiger partial charge in [0, 0.05) is 11.5 Å². The van der Waals surface area contributed by atoms with Crippen LogP contribution in [-0.4, -0.2) is 12.6 Å². The molecule has 1 aliphatic heterocycles. The van der Waals surface area contributed by atoms with Gasteiger partial charge in [0.2, 0.25) is 0 Å². The van der Waals surface area contributed by atoms with Crippen LogP contribution in [-0.2, 0) is 16.0 Å². The van der Waals surface area contributed by atoms with E-state index in [0.717, 1.165) is 12.8 Å². The number of ether oxygens (including phenoxy) is 1. The van der Waals surface area contributed by atoms with E-state index < -0.39 is 0 Å². The quantitative estimate of drug-likeness (QED) is 0.543. The van der Waals surface area contributed by atoms with Crippen molar-refractivity contribution in [3.8, 4) is 0 Å². The zero-order valence-electron chi connectivity index (χ0n) is 8.61. The van der Waals surface area contributed by atoms with Crippen LogP contribution < -0.4 is 0 Å². The highest BCUT2D eigenvalue weighted by Gasteiger charge is 2.23. The molecule has 1 atom stereocenters. The summed E-state index contributed by atoms with van der Waals surface area (Å²) in [5, 5.41) is 0. The van der Waals surface area contributed by atoms with Crippen LogP contribution in [0, 0.1) is 5.92 Å². The lowest BCUT2D eigenvalue weighted by Gasteiger charge is -2.22. The molecule has 0 aliphatic carbocycles. The molecule has 1 unspecified atom stereocenters. The van der Waals surface area contributed by atoms with Crippen LogP contribution in [0.4, 0.5) is 0 Å². The van der Waals surface area contributed by atoms with Crippen molar-refractivity contribution in [1.82, 2.24) is 0 Å². The average Bonchev–Trinajstić information content (AvgIpc) is 2.25. The first kappa shape index (κ1) is 9.97. The largest absolute Gasteiger partial charge is 0.462 e. The molecule has 0 amide bonds.